The van der Waals surface area contributed by atoms with Crippen LogP contribution in [0, 0.1) is 17.8 Å². The summed E-state index contributed by atoms with van der Waals surface area (Å²) in [6.07, 6.45) is 4.52. The summed E-state index contributed by atoms with van der Waals surface area (Å²) in [5.41, 5.74) is 2.47. The second kappa shape index (κ2) is 4.97. The van der Waals surface area contributed by atoms with Gasteiger partial charge in [0.2, 0.25) is 0 Å². The zero-order valence-electron chi connectivity index (χ0n) is 16.3. The monoisotopic (exact) mass is 367 g/mol. The van der Waals surface area contributed by atoms with Gasteiger partial charge in [0.05, 0.1) is 30.1 Å². The van der Waals surface area contributed by atoms with Crippen molar-refractivity contribution in [3.05, 3.63) is 42.5 Å². The van der Waals surface area contributed by atoms with E-state index in [1.54, 1.807) is 0 Å². The highest BCUT2D eigenvalue weighted by Crippen LogP contribution is 2.71. The van der Waals surface area contributed by atoms with Crippen LogP contribution < -0.4 is 4.90 Å². The van der Waals surface area contributed by atoms with E-state index in [1.165, 1.54) is 11.3 Å². The van der Waals surface area contributed by atoms with E-state index >= 15 is 0 Å². The number of aliphatic hydroxyl groups excluding tert-OH is 2. The Labute approximate surface area is 161 Å². The molecule has 1 aliphatic carbocycles. The summed E-state index contributed by atoms with van der Waals surface area (Å²) >= 11 is 0. The molecule has 7 rings (SSSR count). The van der Waals surface area contributed by atoms with Gasteiger partial charge in [-0.15, -0.1) is 0 Å². The number of aliphatic hydroxyl groups is 2. The molecular formula is C23H31N2O2+. The molecule has 4 nitrogen and oxygen atoms in total. The van der Waals surface area contributed by atoms with E-state index in [1.807, 2.05) is 6.08 Å². The second-order valence-corrected chi connectivity index (χ2v) is 9.83. The predicted octanol–water partition coefficient (Wildman–Crippen LogP) is 2.26. The zero-order valence-corrected chi connectivity index (χ0v) is 16.3. The highest BCUT2D eigenvalue weighted by Gasteiger charge is 2.82. The van der Waals surface area contributed by atoms with E-state index in [-0.39, 0.29) is 23.8 Å². The topological polar surface area (TPSA) is 43.7 Å². The first-order valence-corrected chi connectivity index (χ1v) is 10.7. The van der Waals surface area contributed by atoms with Gasteiger partial charge in [0.15, 0.2) is 6.23 Å². The van der Waals surface area contributed by atoms with E-state index in [0.29, 0.717) is 29.8 Å². The van der Waals surface area contributed by atoms with Crippen molar-refractivity contribution in [1.82, 2.24) is 0 Å². The Kier molecular flexibility index (Phi) is 3.05. The lowest BCUT2D eigenvalue weighted by atomic mass is 9.60. The van der Waals surface area contributed by atoms with Gasteiger partial charge >= 0.3 is 0 Å². The highest BCUT2D eigenvalue weighted by molar-refractivity contribution is 5.66. The minimum absolute atomic E-state index is 0.161. The molecule has 5 bridgehead atoms. The van der Waals surface area contributed by atoms with Crippen molar-refractivity contribution in [3.8, 4) is 0 Å². The van der Waals surface area contributed by atoms with Gasteiger partial charge in [-0.2, -0.15) is 0 Å². The normalized spacial score (nSPS) is 53.6. The van der Waals surface area contributed by atoms with Crippen LogP contribution in [0.5, 0.6) is 0 Å². The number of nitrogens with zero attached hydrogens (tertiary/aromatic N) is 2. The number of quaternary nitrogens is 1. The quantitative estimate of drug-likeness (QED) is 0.636. The molecule has 0 amide bonds. The summed E-state index contributed by atoms with van der Waals surface area (Å²) < 4.78 is 0.755. The van der Waals surface area contributed by atoms with E-state index in [2.05, 4.69) is 49.7 Å². The van der Waals surface area contributed by atoms with Crippen LogP contribution in [0.3, 0.4) is 0 Å². The van der Waals surface area contributed by atoms with Crippen molar-refractivity contribution in [3.63, 3.8) is 0 Å². The Hall–Kier alpha value is -1.36. The van der Waals surface area contributed by atoms with Crippen LogP contribution >= 0.6 is 0 Å². The lowest BCUT2D eigenvalue weighted by Gasteiger charge is -2.67. The summed E-state index contributed by atoms with van der Waals surface area (Å²) in [6.45, 7) is 7.10. The molecule has 5 fully saturated rings. The van der Waals surface area contributed by atoms with Gasteiger partial charge in [-0.1, -0.05) is 31.7 Å². The van der Waals surface area contributed by atoms with Crippen molar-refractivity contribution in [1.29, 1.82) is 0 Å². The molecule has 10 atom stereocenters. The van der Waals surface area contributed by atoms with Crippen molar-refractivity contribution in [2.45, 2.75) is 62.1 Å². The average Bonchev–Trinajstić information content (AvgIpc) is 3.06. The molecule has 1 spiro atoms. The first-order chi connectivity index (χ1) is 13.0. The fourth-order valence-electron chi connectivity index (χ4n) is 8.98. The molecule has 4 heteroatoms. The van der Waals surface area contributed by atoms with Crippen LogP contribution in [-0.2, 0) is 5.41 Å². The number of rotatable bonds is 3. The van der Waals surface area contributed by atoms with Crippen LogP contribution in [0.1, 0.15) is 31.7 Å². The van der Waals surface area contributed by atoms with Crippen molar-refractivity contribution >= 4 is 5.69 Å². The maximum absolute atomic E-state index is 11.9. The molecule has 27 heavy (non-hydrogen) atoms. The number of fused-ring (bicyclic) bond motifs is 2. The molecule has 0 radical (unpaired) electrons. The van der Waals surface area contributed by atoms with Gasteiger partial charge in [-0.25, -0.2) is 0 Å². The SMILES string of the molecule is C=CC[N+]12[C@H](O)[C@@H](CC)C3C[C@H]1[C@@H]1N(C)c4ccccc4C14C[C@H]2C3[C@H]4O. The molecule has 4 saturated heterocycles. The van der Waals surface area contributed by atoms with Crippen LogP contribution in [0.25, 0.3) is 0 Å². The number of hydrogen-bond donors (Lipinski definition) is 2. The van der Waals surface area contributed by atoms with E-state index < -0.39 is 0 Å². The summed E-state index contributed by atoms with van der Waals surface area (Å²) in [6, 6.07) is 9.71. The smallest absolute Gasteiger partial charge is 0.194 e. The fourth-order valence-corrected chi connectivity index (χ4v) is 8.98. The molecule has 5 aliphatic heterocycles. The fraction of sp³-hybridized carbons (Fsp3) is 0.652. The van der Waals surface area contributed by atoms with Gasteiger partial charge in [-0.05, 0) is 30.0 Å². The van der Waals surface area contributed by atoms with Crippen molar-refractivity contribution < 1.29 is 14.7 Å². The number of benzene rings is 1. The van der Waals surface area contributed by atoms with Crippen molar-refractivity contribution in [2.75, 3.05) is 18.5 Å². The molecule has 5 heterocycles. The summed E-state index contributed by atoms with van der Waals surface area (Å²) in [4.78, 5) is 2.44. The van der Waals surface area contributed by atoms with Gasteiger partial charge in [0.1, 0.15) is 6.04 Å². The number of hydrogen-bond acceptors (Lipinski definition) is 3. The minimum atomic E-state index is -0.321. The molecule has 1 aromatic carbocycles. The molecule has 4 unspecified atom stereocenters. The maximum Gasteiger partial charge on any atom is 0.194 e. The largest absolute Gasteiger partial charge is 0.392 e. The van der Waals surface area contributed by atoms with Crippen LogP contribution in [0.4, 0.5) is 5.69 Å². The Bertz CT molecular complexity index is 826. The van der Waals surface area contributed by atoms with Gasteiger partial charge < -0.3 is 15.1 Å². The number of anilines is 1. The van der Waals surface area contributed by atoms with Crippen LogP contribution in [0.2, 0.25) is 0 Å². The van der Waals surface area contributed by atoms with Gasteiger partial charge in [0, 0.05) is 37.4 Å². The Morgan fingerprint density at radius 2 is 2.07 bits per heavy atom. The third-order valence-corrected chi connectivity index (χ3v) is 9.56. The number of piperidine rings is 4. The van der Waals surface area contributed by atoms with Crippen LogP contribution in [-0.4, -0.2) is 58.7 Å². The Morgan fingerprint density at radius 3 is 2.81 bits per heavy atom. The molecule has 1 saturated carbocycles. The first-order valence-electron chi connectivity index (χ1n) is 10.7. The van der Waals surface area contributed by atoms with E-state index in [9.17, 15) is 10.2 Å². The summed E-state index contributed by atoms with van der Waals surface area (Å²) in [5.74, 6) is 1.05. The lowest BCUT2D eigenvalue weighted by Crippen LogP contribution is -2.82. The summed E-state index contributed by atoms with van der Waals surface area (Å²) in [5, 5.41) is 23.5. The first kappa shape index (κ1) is 16.6. The maximum atomic E-state index is 11.9. The molecule has 1 aromatic rings. The zero-order chi connectivity index (χ0) is 18.7. The molecule has 6 aliphatic rings. The molecular weight excluding hydrogens is 336 g/mol. The average molecular weight is 368 g/mol. The minimum Gasteiger partial charge on any atom is -0.392 e. The standard InChI is InChI=1S/C23H31N2O2/c1-4-10-25-17-11-14(13(5-2)22(25)27)19-18(25)12-23(21(19)26)15-8-6-7-9-16(15)24(3)20(17)23/h4,6-9,13-14,17-22,26-27H,1,5,10-12H2,2-3H3/q+1/t13-,14?,17-,18-,19?,20-,21+,22+,23?,25?/m0/s1. The lowest BCUT2D eigenvalue weighted by molar-refractivity contribution is -1.03. The number of para-hydroxylation sites is 1. The van der Waals surface area contributed by atoms with E-state index in [0.717, 1.165) is 30.3 Å². The van der Waals surface area contributed by atoms with Gasteiger partial charge in [0.25, 0.3) is 0 Å². The predicted molar refractivity (Wildman–Crippen MR) is 105 cm³/mol. The third-order valence-electron chi connectivity index (χ3n) is 9.56. The Morgan fingerprint density at radius 1 is 1.30 bits per heavy atom. The Balaban J connectivity index is 1.63. The molecule has 144 valence electrons. The third kappa shape index (κ3) is 1.47. The summed E-state index contributed by atoms with van der Waals surface area (Å²) in [7, 11) is 2.21. The van der Waals surface area contributed by atoms with E-state index in [4.69, 9.17) is 0 Å². The molecule has 0 aromatic heterocycles. The second-order valence-electron chi connectivity index (χ2n) is 9.83. The number of likely N-dealkylation sites (N-methyl/N-ethyl adjacent to an activating group) is 1. The van der Waals surface area contributed by atoms with Crippen molar-refractivity contribution in [2.24, 2.45) is 17.8 Å². The van der Waals surface area contributed by atoms with Crippen LogP contribution in [0.15, 0.2) is 36.9 Å². The molecule has 2 N–H and O–H groups in total. The highest BCUT2D eigenvalue weighted by atomic mass is 16.3. The van der Waals surface area contributed by atoms with Gasteiger partial charge in [-0.3, -0.25) is 4.48 Å².